The van der Waals surface area contributed by atoms with Crippen LogP contribution in [0.25, 0.3) is 5.82 Å². The normalized spacial score (nSPS) is 21.7. The summed E-state index contributed by atoms with van der Waals surface area (Å²) in [5, 5.41) is 10.4. The lowest BCUT2D eigenvalue weighted by Gasteiger charge is -2.40. The van der Waals surface area contributed by atoms with Crippen molar-refractivity contribution in [3.8, 4) is 5.82 Å². The van der Waals surface area contributed by atoms with Crippen LogP contribution in [0.1, 0.15) is 44.7 Å². The Hall–Kier alpha value is -3.68. The van der Waals surface area contributed by atoms with Gasteiger partial charge in [-0.1, -0.05) is 6.07 Å². The first kappa shape index (κ1) is 25.9. The summed E-state index contributed by atoms with van der Waals surface area (Å²) in [5.74, 6) is 1.25. The molecule has 3 atom stereocenters. The summed E-state index contributed by atoms with van der Waals surface area (Å²) >= 11 is 0. The standard InChI is InChI=1S/C25H33FN10O2/c1-16-12-21(34-33-16)31-20-6-9-27-24(32-20)35-10-7-25(38-3,8-11-35)23(37)30-17(2)18-4-5-22(28-13-18)36-15-19(26)14-29-36/h4-6,9,13-17,21,33-34H,7-8,10-12H2,1-3H3,(H,30,37)(H,27,31,32)/t16?,17-,21?/m0/s1. The van der Waals surface area contributed by atoms with Crippen molar-refractivity contribution in [2.45, 2.75) is 57.0 Å². The van der Waals surface area contributed by atoms with E-state index in [4.69, 9.17) is 4.74 Å². The van der Waals surface area contributed by atoms with Gasteiger partial charge in [-0.15, -0.1) is 0 Å². The zero-order valence-electron chi connectivity index (χ0n) is 21.7. The molecule has 0 spiro atoms. The van der Waals surface area contributed by atoms with Gasteiger partial charge in [0.25, 0.3) is 5.91 Å². The predicted octanol–water partition coefficient (Wildman–Crippen LogP) is 1.68. The number of carbonyl (C=O) groups excluding carboxylic acids is 1. The van der Waals surface area contributed by atoms with E-state index >= 15 is 0 Å². The largest absolute Gasteiger partial charge is 0.368 e. The molecule has 0 bridgehead atoms. The van der Waals surface area contributed by atoms with E-state index in [0.717, 1.165) is 24.0 Å². The molecular weight excluding hydrogens is 491 g/mol. The number of halogens is 1. The smallest absolute Gasteiger partial charge is 0.252 e. The Morgan fingerprint density at radius 3 is 2.66 bits per heavy atom. The van der Waals surface area contributed by atoms with Gasteiger partial charge < -0.3 is 20.3 Å². The molecule has 2 aliphatic heterocycles. The Labute approximate surface area is 220 Å². The number of carbonyl (C=O) groups is 1. The first-order valence-electron chi connectivity index (χ1n) is 12.7. The molecule has 12 nitrogen and oxygen atoms in total. The zero-order valence-corrected chi connectivity index (χ0v) is 21.7. The second-order valence-corrected chi connectivity index (χ2v) is 9.80. The number of methoxy groups -OCH3 is 1. The predicted molar refractivity (Wildman–Crippen MR) is 139 cm³/mol. The fourth-order valence-corrected chi connectivity index (χ4v) is 4.79. The fourth-order valence-electron chi connectivity index (χ4n) is 4.79. The van der Waals surface area contributed by atoms with Crippen molar-refractivity contribution in [1.29, 1.82) is 0 Å². The SMILES string of the molecule is COC1(C(=O)N[C@@H](C)c2ccc(-n3cc(F)cn3)nc2)CCN(c2nccc(NC3CC(C)NN3)n2)CC1. The van der Waals surface area contributed by atoms with Crippen LogP contribution in [0, 0.1) is 5.82 Å². The lowest BCUT2D eigenvalue weighted by molar-refractivity contribution is -0.146. The van der Waals surface area contributed by atoms with E-state index in [-0.39, 0.29) is 18.1 Å². The number of hydrogen-bond donors (Lipinski definition) is 4. The van der Waals surface area contributed by atoms with Gasteiger partial charge in [0.1, 0.15) is 11.4 Å². The van der Waals surface area contributed by atoms with Crippen molar-refractivity contribution in [3.63, 3.8) is 0 Å². The molecule has 4 N–H and O–H groups in total. The number of hydrazine groups is 1. The van der Waals surface area contributed by atoms with Crippen molar-refractivity contribution in [1.82, 2.24) is 40.9 Å². The van der Waals surface area contributed by atoms with Crippen LogP contribution >= 0.6 is 0 Å². The van der Waals surface area contributed by atoms with Gasteiger partial charge >= 0.3 is 0 Å². The van der Waals surface area contributed by atoms with Crippen molar-refractivity contribution < 1.29 is 13.9 Å². The van der Waals surface area contributed by atoms with E-state index < -0.39 is 11.4 Å². The van der Waals surface area contributed by atoms with E-state index in [1.54, 1.807) is 25.6 Å². The lowest BCUT2D eigenvalue weighted by atomic mass is 9.89. The van der Waals surface area contributed by atoms with Crippen LogP contribution in [0.5, 0.6) is 0 Å². The maximum absolute atomic E-state index is 13.4. The van der Waals surface area contributed by atoms with Gasteiger partial charge in [0.2, 0.25) is 5.95 Å². The minimum atomic E-state index is -0.948. The average Bonchev–Trinajstić information content (AvgIpc) is 3.56. The monoisotopic (exact) mass is 524 g/mol. The highest BCUT2D eigenvalue weighted by molar-refractivity contribution is 5.86. The molecule has 0 radical (unpaired) electrons. The maximum Gasteiger partial charge on any atom is 0.252 e. The van der Waals surface area contributed by atoms with E-state index in [1.807, 2.05) is 19.1 Å². The molecule has 2 unspecified atom stereocenters. The Bertz CT molecular complexity index is 1240. The van der Waals surface area contributed by atoms with E-state index in [1.165, 1.54) is 10.9 Å². The summed E-state index contributed by atoms with van der Waals surface area (Å²) in [6.07, 6.45) is 7.80. The van der Waals surface area contributed by atoms with E-state index in [0.29, 0.717) is 43.7 Å². The Kier molecular flexibility index (Phi) is 7.49. The number of rotatable bonds is 8. The van der Waals surface area contributed by atoms with Gasteiger partial charge in [0.05, 0.1) is 24.6 Å². The van der Waals surface area contributed by atoms with Crippen molar-refractivity contribution in [2.75, 3.05) is 30.4 Å². The third-order valence-corrected chi connectivity index (χ3v) is 7.12. The Morgan fingerprint density at radius 1 is 1.21 bits per heavy atom. The maximum atomic E-state index is 13.4. The highest BCUT2D eigenvalue weighted by atomic mass is 19.1. The van der Waals surface area contributed by atoms with Gasteiger partial charge in [-0.2, -0.15) is 10.1 Å². The van der Waals surface area contributed by atoms with Gasteiger partial charge in [0, 0.05) is 51.5 Å². The lowest BCUT2D eigenvalue weighted by Crippen LogP contribution is -2.55. The van der Waals surface area contributed by atoms with Gasteiger partial charge in [-0.25, -0.2) is 24.5 Å². The molecule has 2 saturated heterocycles. The number of nitrogens with one attached hydrogen (secondary N) is 4. The number of piperidine rings is 1. The first-order chi connectivity index (χ1) is 18.3. The molecule has 202 valence electrons. The van der Waals surface area contributed by atoms with Gasteiger partial charge in [-0.05, 0) is 38.0 Å². The van der Waals surface area contributed by atoms with E-state index in [2.05, 4.69) is 53.4 Å². The van der Waals surface area contributed by atoms with E-state index in [9.17, 15) is 9.18 Å². The molecule has 38 heavy (non-hydrogen) atoms. The summed E-state index contributed by atoms with van der Waals surface area (Å²) in [4.78, 5) is 28.9. The molecule has 0 aliphatic carbocycles. The average molecular weight is 525 g/mol. The van der Waals surface area contributed by atoms with Gasteiger partial charge in [0.15, 0.2) is 11.6 Å². The topological polar surface area (TPSA) is 134 Å². The summed E-state index contributed by atoms with van der Waals surface area (Å²) < 4.78 is 20.4. The molecule has 1 amide bonds. The first-order valence-corrected chi connectivity index (χ1v) is 12.7. The number of nitrogens with zero attached hydrogens (tertiary/aromatic N) is 6. The number of anilines is 2. The Balaban J connectivity index is 1.18. The number of aromatic nitrogens is 5. The number of pyridine rings is 1. The van der Waals surface area contributed by atoms with Crippen LogP contribution in [0.2, 0.25) is 0 Å². The fraction of sp³-hybridized carbons (Fsp3) is 0.480. The Morgan fingerprint density at radius 2 is 2.03 bits per heavy atom. The van der Waals surface area contributed by atoms with Crippen molar-refractivity contribution in [3.05, 3.63) is 54.4 Å². The molecule has 3 aromatic rings. The van der Waals surface area contributed by atoms with Crippen molar-refractivity contribution in [2.24, 2.45) is 0 Å². The molecule has 3 aromatic heterocycles. The minimum absolute atomic E-state index is 0.0980. The van der Waals surface area contributed by atoms with Crippen LogP contribution in [-0.2, 0) is 9.53 Å². The van der Waals surface area contributed by atoms with Crippen LogP contribution in [0.4, 0.5) is 16.2 Å². The molecule has 0 aromatic carbocycles. The molecule has 2 aliphatic rings. The zero-order chi connectivity index (χ0) is 26.7. The summed E-state index contributed by atoms with van der Waals surface area (Å²) in [6, 6.07) is 5.51. The third-order valence-electron chi connectivity index (χ3n) is 7.12. The molecular formula is C25H33FN10O2. The van der Waals surface area contributed by atoms with Crippen LogP contribution in [-0.4, -0.2) is 68.6 Å². The van der Waals surface area contributed by atoms with Crippen LogP contribution < -0.4 is 26.4 Å². The number of hydrogen-bond acceptors (Lipinski definition) is 10. The highest BCUT2D eigenvalue weighted by Crippen LogP contribution is 2.29. The van der Waals surface area contributed by atoms with Crippen LogP contribution in [0.15, 0.2) is 43.0 Å². The quantitative estimate of drug-likeness (QED) is 0.345. The second kappa shape index (κ2) is 11.0. The number of amides is 1. The molecule has 5 heterocycles. The minimum Gasteiger partial charge on any atom is -0.368 e. The third kappa shape index (κ3) is 5.59. The second-order valence-electron chi connectivity index (χ2n) is 9.80. The van der Waals surface area contributed by atoms with Crippen molar-refractivity contribution >= 4 is 17.7 Å². The van der Waals surface area contributed by atoms with Crippen LogP contribution in [0.3, 0.4) is 0 Å². The molecule has 0 saturated carbocycles. The van der Waals surface area contributed by atoms with Gasteiger partial charge in [-0.3, -0.25) is 10.2 Å². The summed E-state index contributed by atoms with van der Waals surface area (Å²) in [5.41, 5.74) is 6.26. The summed E-state index contributed by atoms with van der Waals surface area (Å²) in [7, 11) is 1.57. The molecule has 5 rings (SSSR count). The highest BCUT2D eigenvalue weighted by Gasteiger charge is 2.42. The summed E-state index contributed by atoms with van der Waals surface area (Å²) in [6.45, 7) is 5.17. The number of ether oxygens (including phenoxy) is 1. The molecule has 2 fully saturated rings. The molecule has 13 heteroatoms.